The largest absolute Gasteiger partial charge is 0.398 e. The molecule has 0 aliphatic carbocycles. The molecule has 5 nitrogen and oxygen atoms in total. The van der Waals surface area contributed by atoms with Crippen molar-refractivity contribution in [2.45, 2.75) is 0 Å². The molecular formula is C8H6BrClN2O3. The van der Waals surface area contributed by atoms with E-state index in [1.807, 2.05) is 0 Å². The molecule has 0 aromatic heterocycles. The average Bonchev–Trinajstić information content (AvgIpc) is 2.19. The number of nitro groups is 1. The Balaban J connectivity index is 3.52. The smallest absolute Gasteiger partial charge is 0.300 e. The molecule has 15 heavy (non-hydrogen) atoms. The van der Waals surface area contributed by atoms with E-state index in [1.54, 1.807) is 0 Å². The number of Topliss-reactive ketones (excluding diaryl/α,β-unsaturated/α-hetero) is 1. The zero-order valence-electron chi connectivity index (χ0n) is 7.37. The Morgan fingerprint density at radius 2 is 2.20 bits per heavy atom. The van der Waals surface area contributed by atoms with E-state index < -0.39 is 16.4 Å². The summed E-state index contributed by atoms with van der Waals surface area (Å²) in [6.45, 7) is 0. The maximum absolute atomic E-state index is 11.4. The molecule has 0 radical (unpaired) electrons. The van der Waals surface area contributed by atoms with Crippen LogP contribution in [0.2, 0.25) is 5.02 Å². The Hall–Kier alpha value is -1.14. The molecule has 0 saturated heterocycles. The van der Waals surface area contributed by atoms with Crippen molar-refractivity contribution in [1.29, 1.82) is 0 Å². The third-order valence-electron chi connectivity index (χ3n) is 1.74. The van der Waals surface area contributed by atoms with Crippen LogP contribution in [0.5, 0.6) is 0 Å². The predicted octanol–water partition coefficient (Wildman–Crippen LogP) is 2.41. The summed E-state index contributed by atoms with van der Waals surface area (Å²) >= 11 is 8.56. The van der Waals surface area contributed by atoms with Crippen molar-refractivity contribution < 1.29 is 9.72 Å². The van der Waals surface area contributed by atoms with Crippen molar-refractivity contribution in [2.75, 3.05) is 11.1 Å². The summed E-state index contributed by atoms with van der Waals surface area (Å²) in [7, 11) is 0. The molecule has 1 aromatic carbocycles. The van der Waals surface area contributed by atoms with Gasteiger partial charge in [-0.05, 0) is 12.1 Å². The quantitative estimate of drug-likeness (QED) is 0.305. The number of nitrogens with two attached hydrogens (primary N) is 1. The molecule has 2 N–H and O–H groups in total. The number of halogens is 2. The van der Waals surface area contributed by atoms with Gasteiger partial charge in [-0.3, -0.25) is 14.9 Å². The maximum atomic E-state index is 11.4. The van der Waals surface area contributed by atoms with Crippen molar-refractivity contribution in [3.63, 3.8) is 0 Å². The first-order valence-corrected chi connectivity index (χ1v) is 5.30. The van der Waals surface area contributed by atoms with Gasteiger partial charge in [-0.1, -0.05) is 27.5 Å². The van der Waals surface area contributed by atoms with E-state index in [4.69, 9.17) is 17.3 Å². The van der Waals surface area contributed by atoms with E-state index >= 15 is 0 Å². The fraction of sp³-hybridized carbons (Fsp3) is 0.125. The highest BCUT2D eigenvalue weighted by molar-refractivity contribution is 9.09. The average molecular weight is 294 g/mol. The van der Waals surface area contributed by atoms with Crippen molar-refractivity contribution >= 4 is 44.7 Å². The number of nitro benzene ring substituents is 1. The molecule has 1 aromatic rings. The third kappa shape index (κ3) is 2.27. The standard InChI is InChI=1S/C8H6BrClN2O3/c9-3-6(13)7-5(11)2-1-4(10)8(7)12(14)15/h1-2H,3,11H2. The van der Waals surface area contributed by atoms with Gasteiger partial charge in [0.2, 0.25) is 0 Å². The lowest BCUT2D eigenvalue weighted by atomic mass is 10.1. The Kier molecular flexibility index (Phi) is 3.65. The number of nitrogen functional groups attached to an aromatic ring is 1. The lowest BCUT2D eigenvalue weighted by Crippen LogP contribution is -2.09. The van der Waals surface area contributed by atoms with E-state index in [9.17, 15) is 14.9 Å². The van der Waals surface area contributed by atoms with E-state index in [0.717, 1.165) is 0 Å². The van der Waals surface area contributed by atoms with Gasteiger partial charge in [-0.15, -0.1) is 0 Å². The van der Waals surface area contributed by atoms with Crippen LogP contribution in [-0.4, -0.2) is 16.0 Å². The van der Waals surface area contributed by atoms with E-state index in [-0.39, 0.29) is 21.6 Å². The lowest BCUT2D eigenvalue weighted by molar-refractivity contribution is -0.384. The van der Waals surface area contributed by atoms with Crippen LogP contribution in [0.15, 0.2) is 12.1 Å². The molecular weight excluding hydrogens is 287 g/mol. The second kappa shape index (κ2) is 4.59. The number of alkyl halides is 1. The summed E-state index contributed by atoms with van der Waals surface area (Å²) in [5.74, 6) is -0.471. The Bertz CT molecular complexity index is 436. The molecule has 80 valence electrons. The van der Waals surface area contributed by atoms with Crippen LogP contribution in [0.1, 0.15) is 10.4 Å². The Morgan fingerprint density at radius 3 is 2.67 bits per heavy atom. The van der Waals surface area contributed by atoms with Gasteiger partial charge in [0.05, 0.1) is 10.3 Å². The summed E-state index contributed by atoms with van der Waals surface area (Å²) in [5, 5.41) is 10.6. The number of rotatable bonds is 3. The second-order valence-corrected chi connectivity index (χ2v) is 3.64. The highest BCUT2D eigenvalue weighted by Crippen LogP contribution is 2.32. The number of anilines is 1. The van der Waals surface area contributed by atoms with Crippen LogP contribution in [-0.2, 0) is 0 Å². The maximum Gasteiger partial charge on any atom is 0.300 e. The first kappa shape index (κ1) is 11.9. The summed E-state index contributed by atoms with van der Waals surface area (Å²) < 4.78 is 0. The number of hydrogen-bond donors (Lipinski definition) is 1. The molecule has 0 unspecified atom stereocenters. The fourth-order valence-corrected chi connectivity index (χ4v) is 1.63. The summed E-state index contributed by atoms with van der Waals surface area (Å²) in [5.41, 5.74) is 4.96. The van der Waals surface area contributed by atoms with E-state index in [1.165, 1.54) is 12.1 Å². The lowest BCUT2D eigenvalue weighted by Gasteiger charge is -2.04. The zero-order chi connectivity index (χ0) is 11.6. The van der Waals surface area contributed by atoms with Gasteiger partial charge in [0, 0.05) is 5.69 Å². The topological polar surface area (TPSA) is 86.2 Å². The number of nitrogens with zero attached hydrogens (tertiary/aromatic N) is 1. The minimum absolute atomic E-state index is 0.0433. The Labute approximate surface area is 98.5 Å². The van der Waals surface area contributed by atoms with E-state index in [2.05, 4.69) is 15.9 Å². The molecule has 0 amide bonds. The van der Waals surface area contributed by atoms with Crippen LogP contribution in [0.25, 0.3) is 0 Å². The van der Waals surface area contributed by atoms with Crippen LogP contribution < -0.4 is 5.73 Å². The van der Waals surface area contributed by atoms with Crippen LogP contribution in [0.4, 0.5) is 11.4 Å². The van der Waals surface area contributed by atoms with E-state index in [0.29, 0.717) is 0 Å². The number of carbonyl (C=O) groups excluding carboxylic acids is 1. The van der Waals surface area contributed by atoms with Crippen molar-refractivity contribution in [3.05, 3.63) is 32.8 Å². The third-order valence-corrected chi connectivity index (χ3v) is 2.56. The van der Waals surface area contributed by atoms with Gasteiger partial charge < -0.3 is 5.73 Å². The first-order valence-electron chi connectivity index (χ1n) is 3.80. The van der Waals surface area contributed by atoms with Gasteiger partial charge in [-0.2, -0.15) is 0 Å². The van der Waals surface area contributed by atoms with Crippen LogP contribution >= 0.6 is 27.5 Å². The number of benzene rings is 1. The van der Waals surface area contributed by atoms with Gasteiger partial charge >= 0.3 is 5.69 Å². The zero-order valence-corrected chi connectivity index (χ0v) is 9.71. The highest BCUT2D eigenvalue weighted by atomic mass is 79.9. The number of carbonyl (C=O) groups is 1. The monoisotopic (exact) mass is 292 g/mol. The SMILES string of the molecule is Nc1ccc(Cl)c([N+](=O)[O-])c1C(=O)CBr. The molecule has 0 spiro atoms. The second-order valence-electron chi connectivity index (χ2n) is 2.67. The van der Waals surface area contributed by atoms with Crippen molar-refractivity contribution in [3.8, 4) is 0 Å². The van der Waals surface area contributed by atoms with Crippen molar-refractivity contribution in [1.82, 2.24) is 0 Å². The molecule has 0 fully saturated rings. The van der Waals surface area contributed by atoms with Crippen LogP contribution in [0, 0.1) is 10.1 Å². The van der Waals surface area contributed by atoms with Gasteiger partial charge in [-0.25, -0.2) is 0 Å². The summed E-state index contributed by atoms with van der Waals surface area (Å²) in [4.78, 5) is 21.4. The molecule has 1 rings (SSSR count). The van der Waals surface area contributed by atoms with Gasteiger partial charge in [0.25, 0.3) is 0 Å². The van der Waals surface area contributed by atoms with Gasteiger partial charge in [0.1, 0.15) is 10.6 Å². The fourth-order valence-electron chi connectivity index (χ4n) is 1.12. The van der Waals surface area contributed by atoms with Gasteiger partial charge in [0.15, 0.2) is 5.78 Å². The van der Waals surface area contributed by atoms with Crippen LogP contribution in [0.3, 0.4) is 0 Å². The molecule has 0 atom stereocenters. The molecule has 7 heteroatoms. The highest BCUT2D eigenvalue weighted by Gasteiger charge is 2.25. The molecule has 0 bridgehead atoms. The number of ketones is 1. The minimum atomic E-state index is -0.714. The first-order chi connectivity index (χ1) is 6.99. The number of hydrogen-bond acceptors (Lipinski definition) is 4. The summed E-state index contributed by atoms with van der Waals surface area (Å²) in [6.07, 6.45) is 0. The minimum Gasteiger partial charge on any atom is -0.398 e. The molecule has 0 heterocycles. The normalized spacial score (nSPS) is 10.0. The Morgan fingerprint density at radius 1 is 1.60 bits per heavy atom. The predicted molar refractivity (Wildman–Crippen MR) is 60.6 cm³/mol. The molecule has 0 aliphatic heterocycles. The molecule has 0 aliphatic rings. The summed E-state index contributed by atoms with van der Waals surface area (Å²) in [6, 6.07) is 2.66. The van der Waals surface area contributed by atoms with Crippen molar-refractivity contribution in [2.24, 2.45) is 0 Å². The molecule has 0 saturated carbocycles.